The molecular weight excluding hydrogens is 476 g/mol. The lowest BCUT2D eigenvalue weighted by Crippen LogP contribution is -2.23. The molecule has 0 radical (unpaired) electrons. The second kappa shape index (κ2) is 15.6. The zero-order valence-corrected chi connectivity index (χ0v) is 29.9. The fourth-order valence-electron chi connectivity index (χ4n) is 3.02. The molecule has 34 heavy (non-hydrogen) atoms. The maximum atomic E-state index is 7.17. The summed E-state index contributed by atoms with van der Waals surface area (Å²) in [5, 5.41) is 24.5. The number of rotatable bonds is 0. The van der Waals surface area contributed by atoms with Gasteiger partial charge in [0.25, 0.3) is 0 Å². The van der Waals surface area contributed by atoms with Crippen LogP contribution in [0, 0.1) is 0 Å². The van der Waals surface area contributed by atoms with Crippen LogP contribution in [0.3, 0.4) is 0 Å². The van der Waals surface area contributed by atoms with Crippen molar-refractivity contribution < 1.29 is 15.1 Å². The van der Waals surface area contributed by atoms with Crippen molar-refractivity contribution in [2.75, 3.05) is 20.0 Å². The van der Waals surface area contributed by atoms with Gasteiger partial charge in [-0.2, -0.15) is 0 Å². The summed E-state index contributed by atoms with van der Waals surface area (Å²) in [6.45, 7) is 49.3. The van der Waals surface area contributed by atoms with E-state index in [1.54, 1.807) is 0 Å². The Balaban J connectivity index is -0.000000184. The monoisotopic (exact) mass is 542 g/mol. The van der Waals surface area contributed by atoms with E-state index in [9.17, 15) is 0 Å². The molecule has 0 aliphatic carbocycles. The van der Waals surface area contributed by atoms with E-state index in [1.807, 2.05) is 0 Å². The zero-order valence-electron chi connectivity index (χ0n) is 27.3. The van der Waals surface area contributed by atoms with Crippen LogP contribution in [-0.4, -0.2) is 73.3 Å². The van der Waals surface area contributed by atoms with Crippen LogP contribution < -0.4 is 0 Å². The van der Waals surface area contributed by atoms with Crippen LogP contribution in [-0.2, 0) is 0 Å². The summed E-state index contributed by atoms with van der Waals surface area (Å²) >= 11 is 0. The maximum absolute atomic E-state index is 7.17. The van der Waals surface area contributed by atoms with Gasteiger partial charge in [-0.25, -0.2) is 0 Å². The molecule has 210 valence electrons. The molecule has 0 rings (SSSR count). The summed E-state index contributed by atoms with van der Waals surface area (Å²) in [4.78, 5) is 0. The van der Waals surface area contributed by atoms with Crippen LogP contribution in [0.5, 0.6) is 0 Å². The molecule has 0 aromatic heterocycles. The molecule has 0 amide bonds. The molecule has 0 unspecified atom stereocenters. The van der Waals surface area contributed by atoms with Crippen molar-refractivity contribution >= 4 is 31.1 Å². The van der Waals surface area contributed by atoms with E-state index >= 15 is 0 Å². The molecule has 0 aromatic rings. The second-order valence-electron chi connectivity index (χ2n) is 15.0. The standard InChI is InChI=1S/3C9H21P.BH3O3/c3*1-8(2,3)10(7)9(4,5)6;2-1(3)4/h3*1-7H3;2-4H. The van der Waals surface area contributed by atoms with Gasteiger partial charge in [0.05, 0.1) is 0 Å². The highest BCUT2D eigenvalue weighted by Crippen LogP contribution is 2.57. The predicted molar refractivity (Wildman–Crippen MR) is 169 cm³/mol. The molecule has 0 fully saturated rings. The quantitative estimate of drug-likeness (QED) is 0.211. The summed E-state index contributed by atoms with van der Waals surface area (Å²) in [7, 11) is -1.75. The zero-order chi connectivity index (χ0) is 29.3. The molecule has 0 atom stereocenters. The molecule has 0 bridgehead atoms. The van der Waals surface area contributed by atoms with Gasteiger partial charge in [-0.3, -0.25) is 0 Å². The van der Waals surface area contributed by atoms with Crippen molar-refractivity contribution in [1.82, 2.24) is 0 Å². The fourth-order valence-corrected chi connectivity index (χ4v) is 9.06. The van der Waals surface area contributed by atoms with Crippen LogP contribution in [0.4, 0.5) is 0 Å². The lowest BCUT2D eigenvalue weighted by molar-refractivity contribution is 0.278. The van der Waals surface area contributed by atoms with E-state index < -0.39 is 7.32 Å². The van der Waals surface area contributed by atoms with Gasteiger partial charge in [0.15, 0.2) is 0 Å². The summed E-state index contributed by atoms with van der Waals surface area (Å²) in [6.07, 6.45) is 0. The minimum atomic E-state index is -2.17. The molecule has 7 heteroatoms. The number of hydrogen-bond donors (Lipinski definition) is 3. The minimum Gasteiger partial charge on any atom is -0.402 e. The van der Waals surface area contributed by atoms with E-state index in [-0.39, 0.29) is 23.8 Å². The van der Waals surface area contributed by atoms with Gasteiger partial charge in [-0.05, 0) is 50.9 Å². The van der Waals surface area contributed by atoms with Crippen LogP contribution in [0.1, 0.15) is 125 Å². The molecule has 0 aliphatic rings. The number of hydrogen-bond acceptors (Lipinski definition) is 3. The largest absolute Gasteiger partial charge is 0.631 e. The Kier molecular flexibility index (Phi) is 19.4. The molecule has 0 saturated carbocycles. The first kappa shape index (κ1) is 42.3. The first-order valence-corrected chi connectivity index (χ1v) is 17.8. The van der Waals surface area contributed by atoms with E-state index in [2.05, 4.69) is 145 Å². The fraction of sp³-hybridized carbons (Fsp3) is 1.00. The van der Waals surface area contributed by atoms with Gasteiger partial charge in [0.2, 0.25) is 0 Å². The van der Waals surface area contributed by atoms with Gasteiger partial charge >= 0.3 is 7.32 Å². The third kappa shape index (κ3) is 24.9. The Bertz CT molecular complexity index is 396. The van der Waals surface area contributed by atoms with E-state index in [1.165, 1.54) is 0 Å². The van der Waals surface area contributed by atoms with Crippen molar-refractivity contribution in [2.45, 2.75) is 156 Å². The lowest BCUT2D eigenvalue weighted by Gasteiger charge is -2.38. The predicted octanol–water partition coefficient (Wildman–Crippen LogP) is 9.03. The van der Waals surface area contributed by atoms with Crippen LogP contribution in [0.25, 0.3) is 0 Å². The normalized spacial score (nSPS) is 13.5. The molecule has 3 nitrogen and oxygen atoms in total. The van der Waals surface area contributed by atoms with Crippen molar-refractivity contribution in [3.8, 4) is 0 Å². The van der Waals surface area contributed by atoms with Gasteiger partial charge in [-0.1, -0.05) is 148 Å². The summed E-state index contributed by atoms with van der Waals surface area (Å²) < 4.78 is 0. The molecule has 0 heterocycles. The molecule has 0 aromatic carbocycles. The van der Waals surface area contributed by atoms with Crippen LogP contribution in [0.15, 0.2) is 0 Å². The van der Waals surface area contributed by atoms with Crippen molar-refractivity contribution in [2.24, 2.45) is 0 Å². The SMILES string of the molecule is CP(C(C)(C)C)C(C)(C)C.CP(C(C)(C)C)C(C)(C)C.CP(C(C)(C)C)C(C)(C)C.OB(O)O. The third-order valence-corrected chi connectivity index (χ3v) is 18.1. The molecule has 0 spiro atoms. The molecular formula is C27H66BO3P3. The Morgan fingerprint density at radius 1 is 0.324 bits per heavy atom. The average molecular weight is 543 g/mol. The van der Waals surface area contributed by atoms with Gasteiger partial charge < -0.3 is 15.1 Å². The van der Waals surface area contributed by atoms with Gasteiger partial charge in [0.1, 0.15) is 0 Å². The highest BCUT2D eigenvalue weighted by Gasteiger charge is 2.31. The van der Waals surface area contributed by atoms with Crippen LogP contribution >= 0.6 is 23.8 Å². The van der Waals surface area contributed by atoms with E-state index in [0.717, 1.165) is 0 Å². The Morgan fingerprint density at radius 3 is 0.382 bits per heavy atom. The van der Waals surface area contributed by atoms with Crippen LogP contribution in [0.2, 0.25) is 0 Å². The Morgan fingerprint density at radius 2 is 0.382 bits per heavy atom. The van der Waals surface area contributed by atoms with E-state index in [0.29, 0.717) is 30.9 Å². The lowest BCUT2D eigenvalue weighted by atomic mass is 10.2. The van der Waals surface area contributed by atoms with E-state index in [4.69, 9.17) is 15.1 Å². The molecule has 0 aliphatic heterocycles. The molecule has 3 N–H and O–H groups in total. The van der Waals surface area contributed by atoms with Crippen molar-refractivity contribution in [3.05, 3.63) is 0 Å². The highest BCUT2D eigenvalue weighted by molar-refractivity contribution is 7.60. The summed E-state index contributed by atoms with van der Waals surface area (Å²) in [6, 6.07) is 0. The Hall–Kier alpha value is 1.23. The molecule has 0 saturated heterocycles. The second-order valence-corrected chi connectivity index (χ2v) is 26.5. The van der Waals surface area contributed by atoms with Gasteiger partial charge in [-0.15, -0.1) is 0 Å². The first-order chi connectivity index (χ1) is 14.2. The maximum Gasteiger partial charge on any atom is 0.631 e. The topological polar surface area (TPSA) is 60.7 Å². The minimum absolute atomic E-state index is 0.137. The van der Waals surface area contributed by atoms with Gasteiger partial charge in [0, 0.05) is 0 Å². The smallest absolute Gasteiger partial charge is 0.402 e. The summed E-state index contributed by atoms with van der Waals surface area (Å²) in [5.41, 5.74) is 0. The highest BCUT2D eigenvalue weighted by atomic mass is 31.1. The van der Waals surface area contributed by atoms with Crippen molar-refractivity contribution in [1.29, 1.82) is 0 Å². The first-order valence-electron chi connectivity index (χ1n) is 12.5. The van der Waals surface area contributed by atoms with Crippen molar-refractivity contribution in [3.63, 3.8) is 0 Å². The average Bonchev–Trinajstić information content (AvgIpc) is 2.48. The summed E-state index contributed by atoms with van der Waals surface area (Å²) in [5.74, 6) is 0. The third-order valence-electron chi connectivity index (χ3n) is 6.04. The Labute approximate surface area is 221 Å².